The van der Waals surface area contributed by atoms with Crippen LogP contribution < -0.4 is 10.6 Å². The zero-order valence-electron chi connectivity index (χ0n) is 25.6. The van der Waals surface area contributed by atoms with E-state index in [2.05, 4.69) is 26.7 Å². The van der Waals surface area contributed by atoms with E-state index in [-0.39, 0.29) is 24.2 Å². The van der Waals surface area contributed by atoms with Crippen LogP contribution in [0.1, 0.15) is 59.0 Å². The molecule has 0 aliphatic carbocycles. The molecule has 4 heterocycles. The number of aliphatic hydroxyl groups excluding tert-OH is 1. The van der Waals surface area contributed by atoms with Crippen LogP contribution in [0.3, 0.4) is 0 Å². The number of oxazole rings is 1. The normalized spacial score (nSPS) is 16.3. The molecule has 3 aromatic carbocycles. The molecule has 240 valence electrons. The van der Waals surface area contributed by atoms with E-state index in [9.17, 15) is 15.2 Å². The lowest BCUT2D eigenvalue weighted by Gasteiger charge is -2.24. The summed E-state index contributed by atoms with van der Waals surface area (Å²) in [6.45, 7) is 4.10. The summed E-state index contributed by atoms with van der Waals surface area (Å²) in [5.74, 6) is -0.0756. The highest BCUT2D eigenvalue weighted by Crippen LogP contribution is 2.42. The Morgan fingerprint density at radius 3 is 2.57 bits per heavy atom. The van der Waals surface area contributed by atoms with E-state index in [0.29, 0.717) is 61.5 Å². The highest BCUT2D eigenvalue weighted by Gasteiger charge is 2.25. The average molecular weight is 671 g/mol. The summed E-state index contributed by atoms with van der Waals surface area (Å²) in [6.07, 6.45) is 4.21. The van der Waals surface area contributed by atoms with E-state index >= 15 is 0 Å². The van der Waals surface area contributed by atoms with Crippen LogP contribution in [0.5, 0.6) is 0 Å². The molecule has 2 aliphatic heterocycles. The number of aryl methyl sites for hydroxylation is 1. The number of aliphatic hydroxyl groups is 1. The monoisotopic (exact) mass is 669 g/mol. The molecular weight excluding hydrogens is 637 g/mol. The summed E-state index contributed by atoms with van der Waals surface area (Å²) in [6, 6.07) is 18.8. The molecule has 12 heteroatoms. The molecule has 7 rings (SSSR count). The van der Waals surface area contributed by atoms with Crippen molar-refractivity contribution in [3.05, 3.63) is 87.2 Å². The van der Waals surface area contributed by atoms with Crippen LogP contribution in [0.4, 0.5) is 5.69 Å². The third kappa shape index (κ3) is 6.25. The SMILES string of the molecule is N#Cc1cc(CN2CCCC2)cc2nc(-c3cccc(-c4cccc(NC(=O)c5cc6n(n5)CCCC6NCCO)c4Cl)c3Cl)oc12. The third-order valence-electron chi connectivity index (χ3n) is 8.81. The Morgan fingerprint density at radius 2 is 1.79 bits per heavy atom. The number of hydrogen-bond acceptors (Lipinski definition) is 8. The van der Waals surface area contributed by atoms with Crippen molar-refractivity contribution < 1.29 is 14.3 Å². The Balaban J connectivity index is 1.16. The Kier molecular flexibility index (Phi) is 8.99. The largest absolute Gasteiger partial charge is 0.435 e. The van der Waals surface area contributed by atoms with Gasteiger partial charge in [-0.1, -0.05) is 47.5 Å². The van der Waals surface area contributed by atoms with Crippen molar-refractivity contribution in [3.8, 4) is 28.7 Å². The van der Waals surface area contributed by atoms with Crippen molar-refractivity contribution in [1.82, 2.24) is 25.0 Å². The van der Waals surface area contributed by atoms with Gasteiger partial charge in [0, 0.05) is 36.8 Å². The number of nitrogens with zero attached hydrogens (tertiary/aromatic N) is 5. The number of carbonyl (C=O) groups is 1. The molecule has 10 nitrogen and oxygen atoms in total. The Bertz CT molecular complexity index is 2010. The number of benzene rings is 3. The summed E-state index contributed by atoms with van der Waals surface area (Å²) in [5.41, 5.74) is 5.93. The molecule has 1 amide bonds. The fraction of sp³-hybridized carbons (Fsp3) is 0.314. The lowest BCUT2D eigenvalue weighted by molar-refractivity contribution is 0.102. The van der Waals surface area contributed by atoms with Crippen molar-refractivity contribution in [3.63, 3.8) is 0 Å². The molecule has 0 saturated carbocycles. The van der Waals surface area contributed by atoms with Crippen molar-refractivity contribution in [2.24, 2.45) is 0 Å². The van der Waals surface area contributed by atoms with E-state index in [1.807, 2.05) is 41.1 Å². The molecule has 2 aromatic heterocycles. The van der Waals surface area contributed by atoms with Gasteiger partial charge in [0.2, 0.25) is 5.89 Å². The molecule has 2 aliphatic rings. The van der Waals surface area contributed by atoms with Crippen LogP contribution in [0.2, 0.25) is 10.0 Å². The lowest BCUT2D eigenvalue weighted by atomic mass is 10.0. The number of fused-ring (bicyclic) bond motifs is 2. The van der Waals surface area contributed by atoms with Crippen molar-refractivity contribution in [1.29, 1.82) is 5.26 Å². The van der Waals surface area contributed by atoms with E-state index in [1.54, 1.807) is 18.2 Å². The molecule has 5 aromatic rings. The predicted octanol–water partition coefficient (Wildman–Crippen LogP) is 6.80. The predicted molar refractivity (Wildman–Crippen MR) is 181 cm³/mol. The quantitative estimate of drug-likeness (QED) is 0.156. The Morgan fingerprint density at radius 1 is 1.02 bits per heavy atom. The summed E-state index contributed by atoms with van der Waals surface area (Å²) < 4.78 is 7.99. The third-order valence-corrected chi connectivity index (χ3v) is 9.62. The second-order valence-electron chi connectivity index (χ2n) is 11.9. The first-order chi connectivity index (χ1) is 22.9. The van der Waals surface area contributed by atoms with Gasteiger partial charge >= 0.3 is 0 Å². The molecule has 1 fully saturated rings. The number of hydrogen-bond donors (Lipinski definition) is 3. The number of carbonyl (C=O) groups excluding carboxylic acids is 1. The number of nitrogens with one attached hydrogen (secondary N) is 2. The van der Waals surface area contributed by atoms with Gasteiger partial charge in [0.05, 0.1) is 39.2 Å². The van der Waals surface area contributed by atoms with E-state index in [4.69, 9.17) is 32.6 Å². The Hall–Kier alpha value is -4.24. The highest BCUT2D eigenvalue weighted by molar-refractivity contribution is 6.39. The zero-order chi connectivity index (χ0) is 32.5. The van der Waals surface area contributed by atoms with E-state index in [1.165, 1.54) is 12.8 Å². The van der Waals surface area contributed by atoms with Gasteiger partial charge in [0.1, 0.15) is 11.6 Å². The molecule has 1 atom stereocenters. The zero-order valence-corrected chi connectivity index (χ0v) is 27.1. The highest BCUT2D eigenvalue weighted by atomic mass is 35.5. The number of halogens is 2. The van der Waals surface area contributed by atoms with Gasteiger partial charge in [-0.2, -0.15) is 10.4 Å². The van der Waals surface area contributed by atoms with Gasteiger partial charge in [-0.05, 0) is 74.7 Å². The Labute approximate surface area is 281 Å². The molecule has 47 heavy (non-hydrogen) atoms. The van der Waals surface area contributed by atoms with Crippen molar-refractivity contribution >= 4 is 45.9 Å². The van der Waals surface area contributed by atoms with E-state index < -0.39 is 0 Å². The van der Waals surface area contributed by atoms with E-state index in [0.717, 1.165) is 50.3 Å². The number of amides is 1. The molecule has 0 spiro atoms. The standard InChI is InChI=1S/C35H33Cl2N7O3/c36-31-23(6-3-8-25(31)35-41-28-17-21(20-43-12-1-2-13-43)16-22(19-38)33(28)47-35)24-7-4-9-27(32(24)37)40-34(46)29-18-30-26(39-11-15-45)10-5-14-44(30)42-29/h3-4,6-9,16-18,26,39,45H,1-2,5,10-15,20H2,(H,40,46). The molecule has 3 N–H and O–H groups in total. The minimum absolute atomic E-state index is 0.0241. The van der Waals surface area contributed by atoms with Crippen molar-refractivity contribution in [2.45, 2.75) is 44.8 Å². The van der Waals surface area contributed by atoms with Crippen molar-refractivity contribution in [2.75, 3.05) is 31.6 Å². The maximum atomic E-state index is 13.3. The number of anilines is 1. The van der Waals surface area contributed by atoms with Crippen LogP contribution in [-0.4, -0.2) is 56.9 Å². The number of likely N-dealkylation sites (tertiary alicyclic amines) is 1. The summed E-state index contributed by atoms with van der Waals surface area (Å²) >= 11 is 13.9. The van der Waals surface area contributed by atoms with Crippen LogP contribution in [0.25, 0.3) is 33.7 Å². The molecule has 0 bridgehead atoms. The summed E-state index contributed by atoms with van der Waals surface area (Å²) in [7, 11) is 0. The lowest BCUT2D eigenvalue weighted by Crippen LogP contribution is -2.29. The first kappa shape index (κ1) is 31.4. The topological polar surface area (TPSA) is 132 Å². The molecule has 1 unspecified atom stereocenters. The molecule has 1 saturated heterocycles. The van der Waals surface area contributed by atoms with Crippen LogP contribution in [0.15, 0.2) is 59.0 Å². The van der Waals surface area contributed by atoms with Crippen LogP contribution in [0, 0.1) is 11.3 Å². The minimum atomic E-state index is -0.379. The first-order valence-electron chi connectivity index (χ1n) is 15.8. The fourth-order valence-corrected chi connectivity index (χ4v) is 7.13. The van der Waals surface area contributed by atoms with Gasteiger partial charge in [-0.3, -0.25) is 14.4 Å². The molecular formula is C35H33Cl2N7O3. The van der Waals surface area contributed by atoms with Gasteiger partial charge in [-0.25, -0.2) is 4.98 Å². The smallest absolute Gasteiger partial charge is 0.276 e. The fourth-order valence-electron chi connectivity index (χ4n) is 6.55. The molecule has 0 radical (unpaired) electrons. The van der Waals surface area contributed by atoms with Gasteiger partial charge < -0.3 is 20.2 Å². The summed E-state index contributed by atoms with van der Waals surface area (Å²) in [4.78, 5) is 20.5. The van der Waals surface area contributed by atoms with Crippen LogP contribution in [-0.2, 0) is 13.1 Å². The second kappa shape index (κ2) is 13.5. The van der Waals surface area contributed by atoms with Gasteiger partial charge in [0.25, 0.3) is 5.91 Å². The number of aromatic nitrogens is 3. The maximum absolute atomic E-state index is 13.3. The van der Waals surface area contributed by atoms with Crippen LogP contribution >= 0.6 is 23.2 Å². The van der Waals surface area contributed by atoms with Gasteiger partial charge in [0.15, 0.2) is 11.3 Å². The average Bonchev–Trinajstić information content (AvgIpc) is 3.85. The van der Waals surface area contributed by atoms with Gasteiger partial charge in [-0.15, -0.1) is 0 Å². The first-order valence-corrected chi connectivity index (χ1v) is 16.6. The second-order valence-corrected chi connectivity index (χ2v) is 12.7. The number of nitriles is 1. The number of rotatable bonds is 9. The minimum Gasteiger partial charge on any atom is -0.435 e. The summed E-state index contributed by atoms with van der Waals surface area (Å²) in [5, 5.41) is 30.6. The maximum Gasteiger partial charge on any atom is 0.276 e.